The highest BCUT2D eigenvalue weighted by Gasteiger charge is 1.97. The minimum absolute atomic E-state index is 0.316. The van der Waals surface area contributed by atoms with Gasteiger partial charge in [0.05, 0.1) is 4.48 Å². The number of halogens is 1. The van der Waals surface area contributed by atoms with E-state index in [4.69, 9.17) is 5.73 Å². The molecule has 0 atom stereocenters. The van der Waals surface area contributed by atoms with Gasteiger partial charge in [-0.25, -0.2) is 0 Å². The van der Waals surface area contributed by atoms with E-state index in [9.17, 15) is 4.79 Å². The van der Waals surface area contributed by atoms with Crippen LogP contribution >= 0.6 is 15.9 Å². The highest BCUT2D eigenvalue weighted by atomic mass is 79.9. The number of nitrogens with one attached hydrogen (secondary N) is 1. The number of anilines is 1. The van der Waals surface area contributed by atoms with Gasteiger partial charge in [0.1, 0.15) is 0 Å². The molecule has 0 aliphatic rings. The molecule has 0 bridgehead atoms. The fourth-order valence-corrected chi connectivity index (χ4v) is 0.867. The molecule has 0 heterocycles. The van der Waals surface area contributed by atoms with Crippen molar-refractivity contribution in [2.45, 2.75) is 0 Å². The molecule has 0 aromatic heterocycles. The van der Waals surface area contributed by atoms with Crippen LogP contribution in [0.3, 0.4) is 0 Å². The van der Waals surface area contributed by atoms with Crippen LogP contribution in [0.1, 0.15) is 0 Å². The Morgan fingerprint density at radius 2 is 2.00 bits per heavy atom. The predicted octanol–water partition coefficient (Wildman–Crippen LogP) is 1.82. The zero-order valence-electron chi connectivity index (χ0n) is 6.83. The average molecular weight is 241 g/mol. The molecule has 3 N–H and O–H groups in total. The number of rotatable bonds is 3. The topological polar surface area (TPSA) is 55.1 Å². The largest absolute Gasteiger partial charge is 0.365 e. The molecule has 0 fully saturated rings. The van der Waals surface area contributed by atoms with Crippen LogP contribution in [0, 0.1) is 0 Å². The Kier molecular flexibility index (Phi) is 3.52. The summed E-state index contributed by atoms with van der Waals surface area (Å²) >= 11 is 3.02. The number of hydrogen-bond acceptors (Lipinski definition) is 2. The summed E-state index contributed by atoms with van der Waals surface area (Å²) in [5, 5.41) is 2.92. The number of amides is 1. The summed E-state index contributed by atoms with van der Waals surface area (Å²) in [5.74, 6) is -0.497. The molecule has 0 aliphatic heterocycles. The third-order valence-electron chi connectivity index (χ3n) is 1.37. The molecular formula is C9H9BrN2O. The lowest BCUT2D eigenvalue weighted by Gasteiger charge is -1.99. The van der Waals surface area contributed by atoms with Crippen molar-refractivity contribution >= 4 is 27.5 Å². The Morgan fingerprint density at radius 1 is 1.38 bits per heavy atom. The lowest BCUT2D eigenvalue weighted by molar-refractivity contribution is -0.113. The fourth-order valence-electron chi connectivity index (χ4n) is 0.752. The first-order valence-corrected chi connectivity index (χ1v) is 4.46. The van der Waals surface area contributed by atoms with E-state index in [1.165, 1.54) is 6.20 Å². The standard InChI is InChI=1S/C9H9BrN2O/c10-8(9(11)13)6-12-7-4-2-1-3-5-7/h1-6,12H,(H2,11,13)/b8-6+. The number of hydrogen-bond donors (Lipinski definition) is 2. The van der Waals surface area contributed by atoms with Gasteiger partial charge in [0.2, 0.25) is 0 Å². The first-order chi connectivity index (χ1) is 6.20. The van der Waals surface area contributed by atoms with Gasteiger partial charge in [0.25, 0.3) is 5.91 Å². The zero-order chi connectivity index (χ0) is 9.68. The van der Waals surface area contributed by atoms with Crippen LogP contribution < -0.4 is 11.1 Å². The van der Waals surface area contributed by atoms with Crippen LogP contribution in [-0.4, -0.2) is 5.91 Å². The van der Waals surface area contributed by atoms with Gasteiger partial charge < -0.3 is 11.1 Å². The second kappa shape index (κ2) is 4.67. The number of nitrogens with two attached hydrogens (primary N) is 1. The van der Waals surface area contributed by atoms with Crippen LogP contribution in [0.5, 0.6) is 0 Å². The molecule has 0 spiro atoms. The van der Waals surface area contributed by atoms with Gasteiger partial charge in [-0.3, -0.25) is 4.79 Å². The van der Waals surface area contributed by atoms with E-state index in [-0.39, 0.29) is 0 Å². The van der Waals surface area contributed by atoms with Crippen molar-refractivity contribution in [3.63, 3.8) is 0 Å². The molecule has 1 rings (SSSR count). The molecule has 1 aromatic carbocycles. The van der Waals surface area contributed by atoms with Crippen molar-refractivity contribution in [2.75, 3.05) is 5.32 Å². The third kappa shape index (κ3) is 3.29. The van der Waals surface area contributed by atoms with E-state index in [0.717, 1.165) is 5.69 Å². The van der Waals surface area contributed by atoms with E-state index in [1.807, 2.05) is 30.3 Å². The maximum atomic E-state index is 10.6. The van der Waals surface area contributed by atoms with E-state index < -0.39 is 5.91 Å². The minimum Gasteiger partial charge on any atom is -0.365 e. The van der Waals surface area contributed by atoms with Crippen LogP contribution in [0.2, 0.25) is 0 Å². The normalized spacial score (nSPS) is 11.0. The van der Waals surface area contributed by atoms with Crippen LogP contribution in [0.15, 0.2) is 41.0 Å². The Hall–Kier alpha value is -1.29. The number of carbonyl (C=O) groups is 1. The fraction of sp³-hybridized carbons (Fsp3) is 0. The predicted molar refractivity (Wildman–Crippen MR) is 56.3 cm³/mol. The van der Waals surface area contributed by atoms with Crippen molar-refractivity contribution in [1.82, 2.24) is 0 Å². The van der Waals surface area contributed by atoms with Crippen LogP contribution in [0.4, 0.5) is 5.69 Å². The van der Waals surface area contributed by atoms with Gasteiger partial charge in [0.15, 0.2) is 0 Å². The Morgan fingerprint density at radius 3 is 2.54 bits per heavy atom. The zero-order valence-corrected chi connectivity index (χ0v) is 8.41. The van der Waals surface area contributed by atoms with Crippen molar-refractivity contribution in [2.24, 2.45) is 5.73 Å². The average Bonchev–Trinajstić information content (AvgIpc) is 2.15. The summed E-state index contributed by atoms with van der Waals surface area (Å²) < 4.78 is 0.316. The van der Waals surface area contributed by atoms with Gasteiger partial charge in [-0.05, 0) is 28.1 Å². The second-order valence-corrected chi connectivity index (χ2v) is 3.22. The highest BCUT2D eigenvalue weighted by molar-refractivity contribution is 9.12. The SMILES string of the molecule is NC(=O)/C(Br)=C\Nc1ccccc1. The van der Waals surface area contributed by atoms with E-state index in [1.54, 1.807) is 0 Å². The first kappa shape index (κ1) is 9.80. The Bertz CT molecular complexity index is 322. The highest BCUT2D eigenvalue weighted by Crippen LogP contribution is 2.08. The van der Waals surface area contributed by atoms with Crippen molar-refractivity contribution in [3.05, 3.63) is 41.0 Å². The molecule has 13 heavy (non-hydrogen) atoms. The third-order valence-corrected chi connectivity index (χ3v) is 1.99. The van der Waals surface area contributed by atoms with Gasteiger partial charge in [-0.15, -0.1) is 0 Å². The summed E-state index contributed by atoms with van der Waals surface area (Å²) in [7, 11) is 0. The second-order valence-electron chi connectivity index (χ2n) is 2.37. The Balaban J connectivity index is 2.62. The maximum absolute atomic E-state index is 10.6. The number of para-hydroxylation sites is 1. The molecule has 1 amide bonds. The van der Waals surface area contributed by atoms with Gasteiger partial charge in [0, 0.05) is 11.9 Å². The molecule has 0 saturated carbocycles. The quantitative estimate of drug-likeness (QED) is 0.793. The molecule has 0 aliphatic carbocycles. The molecular weight excluding hydrogens is 232 g/mol. The molecule has 0 saturated heterocycles. The Labute approximate surface area is 84.8 Å². The monoisotopic (exact) mass is 240 g/mol. The molecule has 0 radical (unpaired) electrons. The summed E-state index contributed by atoms with van der Waals surface area (Å²) in [6.07, 6.45) is 1.51. The summed E-state index contributed by atoms with van der Waals surface area (Å²) in [6.45, 7) is 0. The molecule has 68 valence electrons. The molecule has 1 aromatic rings. The number of carbonyl (C=O) groups excluding carboxylic acids is 1. The van der Waals surface area contributed by atoms with Gasteiger partial charge in [-0.1, -0.05) is 18.2 Å². The van der Waals surface area contributed by atoms with E-state index >= 15 is 0 Å². The number of benzene rings is 1. The minimum atomic E-state index is -0.497. The van der Waals surface area contributed by atoms with E-state index in [0.29, 0.717) is 4.48 Å². The van der Waals surface area contributed by atoms with Gasteiger partial charge >= 0.3 is 0 Å². The lowest BCUT2D eigenvalue weighted by Crippen LogP contribution is -2.10. The van der Waals surface area contributed by atoms with E-state index in [2.05, 4.69) is 21.2 Å². The van der Waals surface area contributed by atoms with Crippen LogP contribution in [-0.2, 0) is 4.79 Å². The summed E-state index contributed by atoms with van der Waals surface area (Å²) in [4.78, 5) is 10.6. The lowest BCUT2D eigenvalue weighted by atomic mass is 10.3. The number of primary amides is 1. The smallest absolute Gasteiger partial charge is 0.257 e. The summed E-state index contributed by atoms with van der Waals surface area (Å²) in [6, 6.07) is 9.48. The molecule has 0 unspecified atom stereocenters. The molecule has 3 nitrogen and oxygen atoms in total. The van der Waals surface area contributed by atoms with Crippen molar-refractivity contribution < 1.29 is 4.79 Å². The molecule has 4 heteroatoms. The maximum Gasteiger partial charge on any atom is 0.257 e. The van der Waals surface area contributed by atoms with Gasteiger partial charge in [-0.2, -0.15) is 0 Å². The first-order valence-electron chi connectivity index (χ1n) is 3.67. The summed E-state index contributed by atoms with van der Waals surface area (Å²) in [5.41, 5.74) is 5.91. The van der Waals surface area contributed by atoms with Crippen LogP contribution in [0.25, 0.3) is 0 Å². The van der Waals surface area contributed by atoms with Crippen molar-refractivity contribution in [3.8, 4) is 0 Å². The van der Waals surface area contributed by atoms with Crippen molar-refractivity contribution in [1.29, 1.82) is 0 Å².